The molecule has 0 aromatic heterocycles. The lowest BCUT2D eigenvalue weighted by molar-refractivity contribution is -0.107. The minimum Gasteiger partial charge on any atom is -0.497 e. The fourth-order valence-electron chi connectivity index (χ4n) is 4.26. The van der Waals surface area contributed by atoms with Crippen molar-refractivity contribution in [2.45, 2.75) is 39.2 Å². The summed E-state index contributed by atoms with van der Waals surface area (Å²) in [4.78, 5) is 10.6. The Labute approximate surface area is 172 Å². The van der Waals surface area contributed by atoms with Crippen molar-refractivity contribution in [3.8, 4) is 22.6 Å². The third-order valence-electron chi connectivity index (χ3n) is 5.64. The third kappa shape index (κ3) is 3.91. The second kappa shape index (κ2) is 8.12. The van der Waals surface area contributed by atoms with E-state index in [1.54, 1.807) is 7.11 Å². The van der Waals surface area contributed by atoms with Crippen molar-refractivity contribution >= 4 is 6.29 Å². The molecule has 1 aliphatic heterocycles. The quantitative estimate of drug-likeness (QED) is 0.503. The zero-order chi connectivity index (χ0) is 20.4. The molecule has 3 aromatic carbocycles. The predicted octanol–water partition coefficient (Wildman–Crippen LogP) is 5.79. The molecule has 1 heterocycles. The largest absolute Gasteiger partial charge is 0.497 e. The summed E-state index contributed by atoms with van der Waals surface area (Å²) < 4.78 is 11.7. The highest BCUT2D eigenvalue weighted by Gasteiger charge is 2.25. The molecule has 1 aliphatic rings. The number of aryl methyl sites for hydroxylation is 3. The topological polar surface area (TPSA) is 35.5 Å². The Morgan fingerprint density at radius 1 is 1.07 bits per heavy atom. The summed E-state index contributed by atoms with van der Waals surface area (Å²) in [6, 6.07) is 19.1. The molecule has 0 saturated carbocycles. The average molecular weight is 386 g/mol. The fourth-order valence-corrected chi connectivity index (χ4v) is 4.26. The second-order valence-corrected chi connectivity index (χ2v) is 7.72. The van der Waals surface area contributed by atoms with Gasteiger partial charge in [0.2, 0.25) is 0 Å². The highest BCUT2D eigenvalue weighted by molar-refractivity contribution is 5.72. The number of methoxy groups -OCH3 is 1. The van der Waals surface area contributed by atoms with Crippen molar-refractivity contribution in [2.75, 3.05) is 7.11 Å². The molecule has 3 nitrogen and oxygen atoms in total. The first-order valence-electron chi connectivity index (χ1n) is 10.1. The van der Waals surface area contributed by atoms with E-state index in [2.05, 4.69) is 62.4 Å². The van der Waals surface area contributed by atoms with Gasteiger partial charge >= 0.3 is 0 Å². The van der Waals surface area contributed by atoms with Gasteiger partial charge in [-0.25, -0.2) is 0 Å². The molecule has 0 aliphatic carbocycles. The molecule has 0 fully saturated rings. The van der Waals surface area contributed by atoms with Crippen LogP contribution in [0.3, 0.4) is 0 Å². The number of benzene rings is 3. The van der Waals surface area contributed by atoms with Gasteiger partial charge in [-0.3, -0.25) is 0 Å². The third-order valence-corrected chi connectivity index (χ3v) is 5.64. The maximum absolute atomic E-state index is 10.6. The van der Waals surface area contributed by atoms with Crippen LogP contribution in [0.25, 0.3) is 11.1 Å². The number of fused-ring (bicyclic) bond motifs is 1. The van der Waals surface area contributed by atoms with E-state index in [9.17, 15) is 4.79 Å². The zero-order valence-corrected chi connectivity index (χ0v) is 17.2. The number of hydrogen-bond donors (Lipinski definition) is 0. The molecule has 0 radical (unpaired) electrons. The van der Waals surface area contributed by atoms with Crippen LogP contribution in [0.5, 0.6) is 11.5 Å². The molecule has 148 valence electrons. The summed E-state index contributed by atoms with van der Waals surface area (Å²) in [6.07, 6.45) is 3.19. The molecule has 4 rings (SSSR count). The maximum atomic E-state index is 10.6. The van der Waals surface area contributed by atoms with Gasteiger partial charge in [0.25, 0.3) is 0 Å². The average Bonchev–Trinajstić information content (AvgIpc) is 3.15. The van der Waals surface area contributed by atoms with Crippen LogP contribution >= 0.6 is 0 Å². The van der Waals surface area contributed by atoms with Gasteiger partial charge in [0.15, 0.2) is 0 Å². The summed E-state index contributed by atoms with van der Waals surface area (Å²) in [5, 5.41) is 0. The Morgan fingerprint density at radius 2 is 1.86 bits per heavy atom. The molecule has 0 saturated heterocycles. The Balaban J connectivity index is 1.61. The van der Waals surface area contributed by atoms with Crippen molar-refractivity contribution in [3.05, 3.63) is 82.4 Å². The predicted molar refractivity (Wildman–Crippen MR) is 116 cm³/mol. The first kappa shape index (κ1) is 19.3. The van der Waals surface area contributed by atoms with Crippen molar-refractivity contribution in [1.29, 1.82) is 0 Å². The van der Waals surface area contributed by atoms with Gasteiger partial charge in [-0.05, 0) is 83.5 Å². The van der Waals surface area contributed by atoms with Crippen LogP contribution in [0.15, 0.2) is 54.6 Å². The summed E-state index contributed by atoms with van der Waals surface area (Å²) in [6.45, 7) is 4.25. The van der Waals surface area contributed by atoms with Crippen LogP contribution < -0.4 is 9.47 Å². The smallest absolute Gasteiger partial charge is 0.128 e. The first-order chi connectivity index (χ1) is 14.1. The van der Waals surface area contributed by atoms with Crippen molar-refractivity contribution in [1.82, 2.24) is 0 Å². The summed E-state index contributed by atoms with van der Waals surface area (Å²) in [5.41, 5.74) is 8.45. The molecule has 0 spiro atoms. The number of hydrogen-bond acceptors (Lipinski definition) is 3. The SMILES string of the molecule is COc1cc(C)c(-c2cccc(C3Cc4cc(CCC=O)ccc4O3)c2)c(C)c1. The van der Waals surface area contributed by atoms with Gasteiger partial charge in [-0.15, -0.1) is 0 Å². The minimum atomic E-state index is 0.0186. The van der Waals surface area contributed by atoms with Crippen molar-refractivity contribution in [2.24, 2.45) is 0 Å². The Morgan fingerprint density at radius 3 is 2.59 bits per heavy atom. The van der Waals surface area contributed by atoms with E-state index in [1.807, 2.05) is 6.07 Å². The van der Waals surface area contributed by atoms with Crippen LogP contribution in [0.1, 0.15) is 40.3 Å². The Hall–Kier alpha value is -3.07. The Kier molecular flexibility index (Phi) is 5.39. The molecule has 3 aromatic rings. The van der Waals surface area contributed by atoms with Crippen LogP contribution in [0, 0.1) is 13.8 Å². The molecule has 0 bridgehead atoms. The van der Waals surface area contributed by atoms with E-state index < -0.39 is 0 Å². The standard InChI is InChI=1S/C26H26O3/c1-17-12-23(28-3)13-18(2)26(17)21-8-4-7-20(15-21)25-16-22-14-19(6-5-11-27)9-10-24(22)29-25/h4,7-15,25H,5-6,16H2,1-3H3. The van der Waals surface area contributed by atoms with Crippen LogP contribution in [-0.2, 0) is 17.6 Å². The lowest BCUT2D eigenvalue weighted by Crippen LogP contribution is -2.03. The van der Waals surface area contributed by atoms with Gasteiger partial charge in [-0.2, -0.15) is 0 Å². The van der Waals surface area contributed by atoms with Gasteiger partial charge in [0.1, 0.15) is 23.9 Å². The van der Waals surface area contributed by atoms with E-state index >= 15 is 0 Å². The number of aldehydes is 1. The molecule has 29 heavy (non-hydrogen) atoms. The number of ether oxygens (including phenoxy) is 2. The molecule has 0 N–H and O–H groups in total. The molecule has 1 unspecified atom stereocenters. The summed E-state index contributed by atoms with van der Waals surface area (Å²) in [7, 11) is 1.70. The van der Waals surface area contributed by atoms with Gasteiger partial charge in [0.05, 0.1) is 7.11 Å². The summed E-state index contributed by atoms with van der Waals surface area (Å²) in [5.74, 6) is 1.84. The first-order valence-corrected chi connectivity index (χ1v) is 10.1. The van der Waals surface area contributed by atoms with Gasteiger partial charge in [0, 0.05) is 12.8 Å². The van der Waals surface area contributed by atoms with Crippen LogP contribution in [0.4, 0.5) is 0 Å². The van der Waals surface area contributed by atoms with E-state index in [4.69, 9.17) is 9.47 Å². The normalized spacial score (nSPS) is 14.9. The van der Waals surface area contributed by atoms with E-state index in [0.717, 1.165) is 30.6 Å². The fraction of sp³-hybridized carbons (Fsp3) is 0.269. The van der Waals surface area contributed by atoms with E-state index in [1.165, 1.54) is 38.9 Å². The lowest BCUT2D eigenvalue weighted by Gasteiger charge is -2.16. The maximum Gasteiger partial charge on any atom is 0.128 e. The van der Waals surface area contributed by atoms with Crippen LogP contribution in [-0.4, -0.2) is 13.4 Å². The van der Waals surface area contributed by atoms with E-state index in [0.29, 0.717) is 6.42 Å². The molecule has 0 amide bonds. The highest BCUT2D eigenvalue weighted by Crippen LogP contribution is 2.39. The lowest BCUT2D eigenvalue weighted by atomic mass is 9.92. The molecular formula is C26H26O3. The highest BCUT2D eigenvalue weighted by atomic mass is 16.5. The minimum absolute atomic E-state index is 0.0186. The number of rotatable bonds is 6. The second-order valence-electron chi connectivity index (χ2n) is 7.72. The van der Waals surface area contributed by atoms with E-state index in [-0.39, 0.29) is 6.10 Å². The zero-order valence-electron chi connectivity index (χ0n) is 17.2. The summed E-state index contributed by atoms with van der Waals surface area (Å²) >= 11 is 0. The van der Waals surface area contributed by atoms with Gasteiger partial charge < -0.3 is 14.3 Å². The number of carbonyl (C=O) groups excluding carboxylic acids is 1. The molecule has 3 heteroatoms. The molecular weight excluding hydrogens is 360 g/mol. The Bertz CT molecular complexity index is 1030. The monoisotopic (exact) mass is 386 g/mol. The van der Waals surface area contributed by atoms with Gasteiger partial charge in [-0.1, -0.05) is 30.3 Å². The molecule has 1 atom stereocenters. The van der Waals surface area contributed by atoms with Crippen molar-refractivity contribution in [3.63, 3.8) is 0 Å². The number of carbonyl (C=O) groups is 1. The van der Waals surface area contributed by atoms with Crippen molar-refractivity contribution < 1.29 is 14.3 Å². The van der Waals surface area contributed by atoms with Crippen LogP contribution in [0.2, 0.25) is 0 Å².